The SMILES string of the molecule is S=C1CCc2ccc3[nH]cnc3c2NN1. The van der Waals surface area contributed by atoms with Gasteiger partial charge in [-0.3, -0.25) is 10.9 Å². The molecule has 15 heavy (non-hydrogen) atoms. The first-order chi connectivity index (χ1) is 7.34. The summed E-state index contributed by atoms with van der Waals surface area (Å²) in [6, 6.07) is 4.16. The quantitative estimate of drug-likeness (QED) is 0.590. The maximum absolute atomic E-state index is 5.14. The van der Waals surface area contributed by atoms with E-state index in [1.807, 2.05) is 0 Å². The van der Waals surface area contributed by atoms with E-state index in [1.165, 1.54) is 5.56 Å². The molecule has 0 saturated heterocycles. The number of nitrogens with one attached hydrogen (secondary N) is 3. The van der Waals surface area contributed by atoms with Crippen LogP contribution in [0.2, 0.25) is 0 Å². The van der Waals surface area contributed by atoms with Crippen LogP contribution in [-0.2, 0) is 6.42 Å². The maximum Gasteiger partial charge on any atom is 0.113 e. The average molecular weight is 218 g/mol. The monoisotopic (exact) mass is 218 g/mol. The van der Waals surface area contributed by atoms with E-state index in [0.29, 0.717) is 0 Å². The van der Waals surface area contributed by atoms with Crippen LogP contribution in [0.25, 0.3) is 11.0 Å². The van der Waals surface area contributed by atoms with Crippen LogP contribution in [0.1, 0.15) is 12.0 Å². The fraction of sp³-hybridized carbons (Fsp3) is 0.200. The van der Waals surface area contributed by atoms with Crippen molar-refractivity contribution in [3.05, 3.63) is 24.0 Å². The van der Waals surface area contributed by atoms with Crippen LogP contribution in [-0.4, -0.2) is 15.0 Å². The Morgan fingerprint density at radius 1 is 1.20 bits per heavy atom. The third kappa shape index (κ3) is 1.35. The molecule has 0 unspecified atom stereocenters. The predicted molar refractivity (Wildman–Crippen MR) is 63.8 cm³/mol. The number of hydrogen-bond donors (Lipinski definition) is 3. The first kappa shape index (κ1) is 8.67. The summed E-state index contributed by atoms with van der Waals surface area (Å²) in [6.07, 6.45) is 3.54. The molecule has 3 N–H and O–H groups in total. The van der Waals surface area contributed by atoms with Gasteiger partial charge in [-0.2, -0.15) is 0 Å². The summed E-state index contributed by atoms with van der Waals surface area (Å²) < 4.78 is 0. The minimum absolute atomic E-state index is 0.842. The summed E-state index contributed by atoms with van der Waals surface area (Å²) in [5.74, 6) is 0. The molecule has 0 amide bonds. The first-order valence-corrected chi connectivity index (χ1v) is 5.25. The minimum atomic E-state index is 0.842. The molecule has 0 saturated carbocycles. The van der Waals surface area contributed by atoms with Gasteiger partial charge in [-0.05, 0) is 18.1 Å². The van der Waals surface area contributed by atoms with Crippen molar-refractivity contribution >= 4 is 33.9 Å². The second-order valence-corrected chi connectivity index (χ2v) is 4.06. The number of hydrogen-bond acceptors (Lipinski definition) is 3. The lowest BCUT2D eigenvalue weighted by Crippen LogP contribution is -2.25. The van der Waals surface area contributed by atoms with Gasteiger partial charge < -0.3 is 4.98 Å². The van der Waals surface area contributed by atoms with E-state index < -0.39 is 0 Å². The van der Waals surface area contributed by atoms with E-state index in [4.69, 9.17) is 12.2 Å². The van der Waals surface area contributed by atoms with E-state index in [1.54, 1.807) is 6.33 Å². The van der Waals surface area contributed by atoms with Crippen molar-refractivity contribution in [1.29, 1.82) is 0 Å². The fourth-order valence-corrected chi connectivity index (χ4v) is 1.99. The molecule has 76 valence electrons. The lowest BCUT2D eigenvalue weighted by Gasteiger charge is -2.08. The van der Waals surface area contributed by atoms with Crippen LogP contribution in [0, 0.1) is 0 Å². The molecular weight excluding hydrogens is 208 g/mol. The summed E-state index contributed by atoms with van der Waals surface area (Å²) in [6.45, 7) is 0. The zero-order chi connectivity index (χ0) is 10.3. The van der Waals surface area contributed by atoms with Crippen LogP contribution in [0.3, 0.4) is 0 Å². The minimum Gasteiger partial charge on any atom is -0.345 e. The summed E-state index contributed by atoms with van der Waals surface area (Å²) in [5, 5.41) is 0. The molecule has 0 radical (unpaired) electrons. The highest BCUT2D eigenvalue weighted by Crippen LogP contribution is 2.26. The third-order valence-corrected chi connectivity index (χ3v) is 2.93. The molecule has 5 heteroatoms. The molecular formula is C10H10N4S. The van der Waals surface area contributed by atoms with Crippen molar-refractivity contribution in [2.24, 2.45) is 0 Å². The van der Waals surface area contributed by atoms with Gasteiger partial charge in [0.2, 0.25) is 0 Å². The molecule has 4 nitrogen and oxygen atoms in total. The number of hydrazine groups is 1. The number of aryl methyl sites for hydroxylation is 1. The zero-order valence-corrected chi connectivity index (χ0v) is 8.82. The largest absolute Gasteiger partial charge is 0.345 e. The highest BCUT2D eigenvalue weighted by Gasteiger charge is 2.13. The number of imidazole rings is 1. The van der Waals surface area contributed by atoms with E-state index in [-0.39, 0.29) is 0 Å². The molecule has 0 spiro atoms. The molecule has 3 rings (SSSR count). The van der Waals surface area contributed by atoms with Crippen LogP contribution >= 0.6 is 12.2 Å². The number of rotatable bonds is 0. The highest BCUT2D eigenvalue weighted by molar-refractivity contribution is 7.80. The van der Waals surface area contributed by atoms with Crippen molar-refractivity contribution in [2.75, 3.05) is 5.43 Å². The van der Waals surface area contributed by atoms with Crippen LogP contribution in [0.15, 0.2) is 18.5 Å². The van der Waals surface area contributed by atoms with Gasteiger partial charge in [0.25, 0.3) is 0 Å². The Morgan fingerprint density at radius 3 is 3.07 bits per heavy atom. The number of H-pyrrole nitrogens is 1. The summed E-state index contributed by atoms with van der Waals surface area (Å²) in [7, 11) is 0. The molecule has 0 fully saturated rings. The molecule has 2 heterocycles. The maximum atomic E-state index is 5.14. The van der Waals surface area contributed by atoms with Crippen molar-refractivity contribution in [3.63, 3.8) is 0 Å². The van der Waals surface area contributed by atoms with Crippen molar-refractivity contribution in [3.8, 4) is 0 Å². The molecule has 1 aromatic heterocycles. The number of aromatic amines is 1. The number of aromatic nitrogens is 2. The Labute approximate surface area is 92.1 Å². The average Bonchev–Trinajstić information content (AvgIpc) is 2.64. The fourth-order valence-electron chi connectivity index (χ4n) is 1.84. The van der Waals surface area contributed by atoms with E-state index in [0.717, 1.165) is 34.6 Å². The van der Waals surface area contributed by atoms with Crippen LogP contribution < -0.4 is 10.9 Å². The number of anilines is 1. The number of fused-ring (bicyclic) bond motifs is 3. The zero-order valence-electron chi connectivity index (χ0n) is 8.00. The summed E-state index contributed by atoms with van der Waals surface area (Å²) in [5.41, 5.74) is 10.4. The van der Waals surface area contributed by atoms with Crippen LogP contribution in [0.5, 0.6) is 0 Å². The molecule has 0 atom stereocenters. The van der Waals surface area contributed by atoms with E-state index in [9.17, 15) is 0 Å². The molecule has 1 aliphatic heterocycles. The summed E-state index contributed by atoms with van der Waals surface area (Å²) >= 11 is 5.14. The van der Waals surface area contributed by atoms with Gasteiger partial charge in [-0.25, -0.2) is 4.98 Å². The Morgan fingerprint density at radius 2 is 2.13 bits per heavy atom. The topological polar surface area (TPSA) is 52.7 Å². The third-order valence-electron chi connectivity index (χ3n) is 2.63. The lowest BCUT2D eigenvalue weighted by atomic mass is 10.1. The van der Waals surface area contributed by atoms with Gasteiger partial charge in [0, 0.05) is 6.42 Å². The second kappa shape index (κ2) is 3.20. The Bertz CT molecular complexity index is 531. The van der Waals surface area contributed by atoms with Crippen molar-refractivity contribution in [2.45, 2.75) is 12.8 Å². The Kier molecular flexibility index (Phi) is 1.85. The van der Waals surface area contributed by atoms with Gasteiger partial charge in [0.1, 0.15) is 5.52 Å². The predicted octanol–water partition coefficient (Wildman–Crippen LogP) is 1.75. The standard InChI is InChI=1S/C10H10N4S/c15-8-4-2-6-1-3-7-10(12-5-11-7)9(6)14-13-8/h1,3,5,14H,2,4H2,(H,11,12)(H,13,15). The summed E-state index contributed by atoms with van der Waals surface area (Å²) in [4.78, 5) is 8.23. The molecule has 1 aliphatic rings. The normalized spacial score (nSPS) is 15.3. The molecule has 2 aromatic rings. The first-order valence-electron chi connectivity index (χ1n) is 4.84. The smallest absolute Gasteiger partial charge is 0.113 e. The Balaban J connectivity index is 2.20. The van der Waals surface area contributed by atoms with Crippen molar-refractivity contribution < 1.29 is 0 Å². The van der Waals surface area contributed by atoms with Gasteiger partial charge in [0.15, 0.2) is 0 Å². The molecule has 0 aliphatic carbocycles. The molecule has 1 aromatic carbocycles. The van der Waals surface area contributed by atoms with E-state index in [2.05, 4.69) is 33.0 Å². The van der Waals surface area contributed by atoms with Gasteiger partial charge in [-0.1, -0.05) is 18.3 Å². The van der Waals surface area contributed by atoms with E-state index >= 15 is 0 Å². The van der Waals surface area contributed by atoms with Gasteiger partial charge in [-0.15, -0.1) is 0 Å². The molecule has 0 bridgehead atoms. The second-order valence-electron chi connectivity index (χ2n) is 3.57. The lowest BCUT2D eigenvalue weighted by molar-refractivity contribution is 1.04. The number of thiocarbonyl (C=S) groups is 1. The highest BCUT2D eigenvalue weighted by atomic mass is 32.1. The Hall–Kier alpha value is -1.62. The van der Waals surface area contributed by atoms with Gasteiger partial charge >= 0.3 is 0 Å². The number of benzene rings is 1. The van der Waals surface area contributed by atoms with Crippen molar-refractivity contribution in [1.82, 2.24) is 15.4 Å². The van der Waals surface area contributed by atoms with Gasteiger partial charge in [0.05, 0.1) is 22.5 Å². The number of nitrogens with zero attached hydrogens (tertiary/aromatic N) is 1. The van der Waals surface area contributed by atoms with Crippen LogP contribution in [0.4, 0.5) is 5.69 Å².